The second kappa shape index (κ2) is 10.4. The summed E-state index contributed by atoms with van der Waals surface area (Å²) in [6, 6.07) is 4.75. The molecule has 0 aliphatic heterocycles. The molecule has 0 amide bonds. The van der Waals surface area contributed by atoms with Crippen LogP contribution >= 0.6 is 7.60 Å². The van der Waals surface area contributed by atoms with Crippen molar-refractivity contribution in [1.29, 1.82) is 0 Å². The molecule has 136 valence electrons. The van der Waals surface area contributed by atoms with E-state index in [1.807, 2.05) is 6.92 Å². The Balaban J connectivity index is 2.60. The predicted molar refractivity (Wildman–Crippen MR) is 92.9 cm³/mol. The molecule has 0 fully saturated rings. The van der Waals surface area contributed by atoms with Crippen LogP contribution in [0.25, 0.3) is 0 Å². The van der Waals surface area contributed by atoms with Crippen molar-refractivity contribution >= 4 is 13.3 Å². The van der Waals surface area contributed by atoms with Gasteiger partial charge in [-0.1, -0.05) is 13.3 Å². The zero-order chi connectivity index (χ0) is 18.0. The maximum atomic E-state index is 12.3. The topological polar surface area (TPSA) is 87.9 Å². The lowest BCUT2D eigenvalue weighted by Crippen LogP contribution is -2.05. The number of benzene rings is 1. The van der Waals surface area contributed by atoms with Crippen LogP contribution in [-0.4, -0.2) is 30.9 Å². The number of aryl methyl sites for hydroxylation is 1. The zero-order valence-electron chi connectivity index (χ0n) is 14.5. The van der Waals surface area contributed by atoms with E-state index >= 15 is 0 Å². The van der Waals surface area contributed by atoms with Crippen molar-refractivity contribution in [3.63, 3.8) is 0 Å². The molecule has 0 heterocycles. The van der Waals surface area contributed by atoms with Crippen LogP contribution in [0.15, 0.2) is 18.2 Å². The summed E-state index contributed by atoms with van der Waals surface area (Å²) in [4.78, 5) is 10.6. The maximum Gasteiger partial charge on any atom is 0.330 e. The lowest BCUT2D eigenvalue weighted by molar-refractivity contribution is -0.385. The number of hydrogen-bond acceptors (Lipinski definition) is 6. The highest BCUT2D eigenvalue weighted by Crippen LogP contribution is 2.48. The normalized spacial score (nSPS) is 11.5. The van der Waals surface area contributed by atoms with E-state index in [2.05, 4.69) is 0 Å². The fraction of sp³-hybridized carbons (Fsp3) is 0.625. The molecule has 0 spiro atoms. The van der Waals surface area contributed by atoms with Gasteiger partial charge < -0.3 is 13.8 Å². The molecule has 1 aromatic rings. The van der Waals surface area contributed by atoms with E-state index in [9.17, 15) is 14.7 Å². The highest BCUT2D eigenvalue weighted by atomic mass is 31.2. The fourth-order valence-corrected chi connectivity index (χ4v) is 3.94. The van der Waals surface area contributed by atoms with Crippen LogP contribution in [0.2, 0.25) is 0 Å². The summed E-state index contributed by atoms with van der Waals surface area (Å²) in [5.41, 5.74) is 0.774. The number of nitro groups is 1. The Hall–Kier alpha value is -1.43. The lowest BCUT2D eigenvalue weighted by atomic mass is 10.1. The van der Waals surface area contributed by atoms with Crippen LogP contribution in [0.1, 0.15) is 39.2 Å². The molecule has 0 aliphatic carbocycles. The molecule has 0 saturated heterocycles. The third kappa shape index (κ3) is 6.59. The van der Waals surface area contributed by atoms with Gasteiger partial charge in [0, 0.05) is 11.6 Å². The molecule has 0 bridgehead atoms. The lowest BCUT2D eigenvalue weighted by Gasteiger charge is -2.17. The monoisotopic (exact) mass is 359 g/mol. The van der Waals surface area contributed by atoms with Crippen LogP contribution in [0, 0.1) is 10.1 Å². The fourth-order valence-electron chi connectivity index (χ4n) is 2.31. The second-order valence-corrected chi connectivity index (χ2v) is 7.36. The van der Waals surface area contributed by atoms with E-state index in [0.717, 1.165) is 6.42 Å². The van der Waals surface area contributed by atoms with Crippen molar-refractivity contribution in [2.24, 2.45) is 0 Å². The Labute approximate surface area is 143 Å². The molecule has 0 aromatic heterocycles. The molecule has 0 unspecified atom stereocenters. The molecular formula is C16H26NO6P. The summed E-state index contributed by atoms with van der Waals surface area (Å²) < 4.78 is 28.4. The quantitative estimate of drug-likeness (QED) is 0.235. The van der Waals surface area contributed by atoms with Gasteiger partial charge in [-0.15, -0.1) is 0 Å². The Morgan fingerprint density at radius 2 is 1.83 bits per heavy atom. The van der Waals surface area contributed by atoms with E-state index in [1.54, 1.807) is 26.0 Å². The minimum absolute atomic E-state index is 0.112. The molecule has 8 heteroatoms. The van der Waals surface area contributed by atoms with Crippen LogP contribution < -0.4 is 4.74 Å². The Kier molecular flexibility index (Phi) is 8.97. The van der Waals surface area contributed by atoms with Crippen LogP contribution in [0.3, 0.4) is 0 Å². The summed E-state index contributed by atoms with van der Waals surface area (Å²) in [5, 5.41) is 11.0. The van der Waals surface area contributed by atoms with Gasteiger partial charge in [-0.2, -0.15) is 0 Å². The van der Waals surface area contributed by atoms with Crippen molar-refractivity contribution in [3.05, 3.63) is 33.9 Å². The van der Waals surface area contributed by atoms with E-state index in [0.29, 0.717) is 44.0 Å². The van der Waals surface area contributed by atoms with Gasteiger partial charge in [0.15, 0.2) is 0 Å². The number of nitrogens with zero attached hydrogens (tertiary/aromatic N) is 1. The van der Waals surface area contributed by atoms with Gasteiger partial charge in [0.25, 0.3) is 5.69 Å². The molecule has 0 radical (unpaired) electrons. The molecule has 0 aliphatic rings. The first-order valence-electron chi connectivity index (χ1n) is 8.24. The Morgan fingerprint density at radius 1 is 1.17 bits per heavy atom. The maximum absolute atomic E-state index is 12.3. The largest absolute Gasteiger partial charge is 0.494 e. The second-order valence-electron chi connectivity index (χ2n) is 5.17. The van der Waals surface area contributed by atoms with Gasteiger partial charge in [-0.25, -0.2) is 0 Å². The van der Waals surface area contributed by atoms with Crippen molar-refractivity contribution in [3.8, 4) is 5.75 Å². The van der Waals surface area contributed by atoms with Crippen LogP contribution in [0.4, 0.5) is 5.69 Å². The van der Waals surface area contributed by atoms with Gasteiger partial charge >= 0.3 is 7.60 Å². The predicted octanol–water partition coefficient (Wildman–Crippen LogP) is 4.58. The van der Waals surface area contributed by atoms with Crippen molar-refractivity contribution in [2.45, 2.75) is 40.0 Å². The third-order valence-electron chi connectivity index (χ3n) is 3.26. The average molecular weight is 359 g/mol. The smallest absolute Gasteiger partial charge is 0.330 e. The van der Waals surface area contributed by atoms with Gasteiger partial charge in [-0.05, 0) is 38.8 Å². The summed E-state index contributed by atoms with van der Waals surface area (Å²) in [5.74, 6) is 0.576. The van der Waals surface area contributed by atoms with Gasteiger partial charge in [-0.3, -0.25) is 14.7 Å². The highest BCUT2D eigenvalue weighted by Gasteiger charge is 2.22. The zero-order valence-corrected chi connectivity index (χ0v) is 15.4. The van der Waals surface area contributed by atoms with Crippen molar-refractivity contribution < 1.29 is 23.3 Å². The summed E-state index contributed by atoms with van der Waals surface area (Å²) in [6.07, 6.45) is 2.23. The van der Waals surface area contributed by atoms with Crippen LogP contribution in [-0.2, 0) is 20.0 Å². The summed E-state index contributed by atoms with van der Waals surface area (Å²) in [7, 11) is -3.05. The number of ether oxygens (including phenoxy) is 1. The van der Waals surface area contributed by atoms with Crippen molar-refractivity contribution in [2.75, 3.05) is 26.0 Å². The van der Waals surface area contributed by atoms with Gasteiger partial charge in [0.05, 0.1) is 30.9 Å². The van der Waals surface area contributed by atoms with Crippen LogP contribution in [0.5, 0.6) is 5.75 Å². The van der Waals surface area contributed by atoms with E-state index in [4.69, 9.17) is 13.8 Å². The first kappa shape index (κ1) is 20.6. The van der Waals surface area contributed by atoms with Crippen molar-refractivity contribution in [1.82, 2.24) is 0 Å². The minimum Gasteiger partial charge on any atom is -0.494 e. The van der Waals surface area contributed by atoms with Gasteiger partial charge in [0.1, 0.15) is 5.75 Å². The molecule has 1 aromatic carbocycles. The minimum atomic E-state index is -3.05. The molecular weight excluding hydrogens is 333 g/mol. The number of hydrogen-bond donors (Lipinski definition) is 0. The van der Waals surface area contributed by atoms with Gasteiger partial charge in [0.2, 0.25) is 0 Å². The van der Waals surface area contributed by atoms with E-state index in [-0.39, 0.29) is 16.8 Å². The molecule has 0 saturated carbocycles. The Bertz CT molecular complexity index is 568. The third-order valence-corrected chi connectivity index (χ3v) is 5.43. The number of nitro benzene ring substituents is 1. The first-order chi connectivity index (χ1) is 11.5. The Morgan fingerprint density at radius 3 is 2.38 bits per heavy atom. The SMILES string of the molecule is CCCc1cc(OCCCP(=O)(OCC)OCC)ccc1[N+](=O)[O-]. The highest BCUT2D eigenvalue weighted by molar-refractivity contribution is 7.53. The first-order valence-corrected chi connectivity index (χ1v) is 9.96. The molecule has 0 N–H and O–H groups in total. The van der Waals surface area contributed by atoms with E-state index < -0.39 is 7.60 Å². The molecule has 0 atom stereocenters. The average Bonchev–Trinajstić information content (AvgIpc) is 2.52. The molecule has 24 heavy (non-hydrogen) atoms. The molecule has 1 rings (SSSR count). The summed E-state index contributed by atoms with van der Waals surface area (Å²) in [6.45, 7) is 6.52. The number of rotatable bonds is 12. The van der Waals surface area contributed by atoms with E-state index in [1.165, 1.54) is 6.07 Å². The summed E-state index contributed by atoms with van der Waals surface area (Å²) >= 11 is 0. The standard InChI is InChI=1S/C16H26NO6P/c1-4-8-14-13-15(9-10-16(14)17(18)19)21-11-7-12-24(20,22-5-2)23-6-3/h9-10,13H,4-8,11-12H2,1-3H3. The molecule has 7 nitrogen and oxygen atoms in total.